The molecule has 0 aromatic heterocycles. The predicted molar refractivity (Wildman–Crippen MR) is 102 cm³/mol. The highest BCUT2D eigenvalue weighted by atomic mass is 19.1. The van der Waals surface area contributed by atoms with E-state index in [0.717, 1.165) is 11.1 Å². The van der Waals surface area contributed by atoms with Crippen LogP contribution < -0.4 is 5.32 Å². The number of hydrogen-bond donors (Lipinski definition) is 1. The zero-order chi connectivity index (χ0) is 18.4. The quantitative estimate of drug-likeness (QED) is 0.699. The summed E-state index contributed by atoms with van der Waals surface area (Å²) in [6.07, 6.45) is 0.164. The Morgan fingerprint density at radius 2 is 1.46 bits per heavy atom. The molecule has 1 amide bonds. The van der Waals surface area contributed by atoms with Crippen molar-refractivity contribution in [3.63, 3.8) is 0 Å². The summed E-state index contributed by atoms with van der Waals surface area (Å²) < 4.78 is 13.3. The van der Waals surface area contributed by atoms with Crippen LogP contribution in [0.2, 0.25) is 0 Å². The van der Waals surface area contributed by atoms with Gasteiger partial charge in [-0.1, -0.05) is 72.8 Å². The summed E-state index contributed by atoms with van der Waals surface area (Å²) in [4.78, 5) is 12.4. The molecule has 26 heavy (non-hydrogen) atoms. The molecule has 0 fully saturated rings. The number of amides is 1. The molecule has 0 atom stereocenters. The summed E-state index contributed by atoms with van der Waals surface area (Å²) in [5, 5.41) is 3.03. The lowest BCUT2D eigenvalue weighted by atomic mass is 9.76. The van der Waals surface area contributed by atoms with Crippen LogP contribution in [0.3, 0.4) is 0 Å². The first kappa shape index (κ1) is 17.9. The molecule has 3 aromatic rings. The molecule has 132 valence electrons. The zero-order valence-corrected chi connectivity index (χ0v) is 14.8. The lowest BCUT2D eigenvalue weighted by molar-refractivity contribution is -0.120. The molecule has 0 saturated heterocycles. The molecule has 3 heteroatoms. The van der Waals surface area contributed by atoms with Gasteiger partial charge in [0.2, 0.25) is 5.91 Å². The third-order valence-corrected chi connectivity index (χ3v) is 4.71. The number of halogens is 1. The molecule has 0 heterocycles. The fourth-order valence-corrected chi connectivity index (χ4v) is 3.15. The minimum absolute atomic E-state index is 0.117. The first-order valence-electron chi connectivity index (χ1n) is 8.70. The fraction of sp³-hybridized carbons (Fsp3) is 0.174. The first-order valence-corrected chi connectivity index (χ1v) is 8.70. The third kappa shape index (κ3) is 4.17. The van der Waals surface area contributed by atoms with Gasteiger partial charge in [-0.05, 0) is 35.7 Å². The predicted octanol–water partition coefficient (Wildman–Crippen LogP) is 4.49. The second-order valence-electron chi connectivity index (χ2n) is 6.65. The van der Waals surface area contributed by atoms with Crippen molar-refractivity contribution in [3.8, 4) is 0 Å². The van der Waals surface area contributed by atoms with Gasteiger partial charge >= 0.3 is 0 Å². The Balaban J connectivity index is 1.78. The van der Waals surface area contributed by atoms with Crippen molar-refractivity contribution in [2.24, 2.45) is 0 Å². The molecule has 0 spiro atoms. The maximum Gasteiger partial charge on any atom is 0.224 e. The Morgan fingerprint density at radius 1 is 0.885 bits per heavy atom. The third-order valence-electron chi connectivity index (χ3n) is 4.71. The van der Waals surface area contributed by atoms with Gasteiger partial charge < -0.3 is 5.32 Å². The monoisotopic (exact) mass is 347 g/mol. The van der Waals surface area contributed by atoms with Crippen LogP contribution in [0.5, 0.6) is 0 Å². The van der Waals surface area contributed by atoms with E-state index >= 15 is 0 Å². The molecule has 0 aliphatic carbocycles. The van der Waals surface area contributed by atoms with Crippen LogP contribution in [0, 0.1) is 5.82 Å². The molecular formula is C23H22FNO. The van der Waals surface area contributed by atoms with Crippen molar-refractivity contribution < 1.29 is 9.18 Å². The van der Waals surface area contributed by atoms with E-state index in [1.54, 1.807) is 12.1 Å². The largest absolute Gasteiger partial charge is 0.355 e. The van der Waals surface area contributed by atoms with Gasteiger partial charge in [-0.2, -0.15) is 0 Å². The van der Waals surface area contributed by atoms with Crippen LogP contribution >= 0.6 is 0 Å². The van der Waals surface area contributed by atoms with Crippen LogP contribution in [-0.2, 0) is 16.6 Å². The Bertz CT molecular complexity index is 822. The SMILES string of the molecule is CC(CNC(=O)Cc1cccc(F)c1)(c1ccccc1)c1ccccc1. The average molecular weight is 347 g/mol. The van der Waals surface area contributed by atoms with Crippen LogP contribution in [0.15, 0.2) is 84.9 Å². The van der Waals surface area contributed by atoms with E-state index in [9.17, 15) is 9.18 Å². The van der Waals surface area contributed by atoms with Gasteiger partial charge in [0.05, 0.1) is 6.42 Å². The molecule has 0 aliphatic rings. The van der Waals surface area contributed by atoms with Crippen molar-refractivity contribution in [2.45, 2.75) is 18.8 Å². The highest BCUT2D eigenvalue weighted by molar-refractivity contribution is 5.78. The minimum Gasteiger partial charge on any atom is -0.355 e. The van der Waals surface area contributed by atoms with Crippen LogP contribution in [-0.4, -0.2) is 12.5 Å². The van der Waals surface area contributed by atoms with Crippen molar-refractivity contribution >= 4 is 5.91 Å². The Kier molecular flexibility index (Phi) is 5.47. The highest BCUT2D eigenvalue weighted by Gasteiger charge is 2.29. The van der Waals surface area contributed by atoms with Crippen molar-refractivity contribution in [1.29, 1.82) is 0 Å². The number of rotatable bonds is 6. The standard InChI is InChI=1S/C23H22FNO/c1-23(19-10-4-2-5-11-19,20-12-6-3-7-13-20)17-25-22(26)16-18-9-8-14-21(24)15-18/h2-15H,16-17H2,1H3,(H,25,26). The van der Waals surface area contributed by atoms with Crippen LogP contribution in [0.4, 0.5) is 4.39 Å². The molecule has 1 N–H and O–H groups in total. The maximum atomic E-state index is 13.3. The molecule has 0 radical (unpaired) electrons. The normalized spacial score (nSPS) is 11.2. The lowest BCUT2D eigenvalue weighted by Crippen LogP contribution is -2.40. The molecule has 3 aromatic carbocycles. The second-order valence-corrected chi connectivity index (χ2v) is 6.65. The van der Waals surface area contributed by atoms with Gasteiger partial charge in [0, 0.05) is 12.0 Å². The van der Waals surface area contributed by atoms with Crippen molar-refractivity contribution in [1.82, 2.24) is 5.32 Å². The van der Waals surface area contributed by atoms with E-state index in [-0.39, 0.29) is 23.6 Å². The first-order chi connectivity index (χ1) is 12.6. The lowest BCUT2D eigenvalue weighted by Gasteiger charge is -2.31. The summed E-state index contributed by atoms with van der Waals surface area (Å²) in [5.74, 6) is -0.442. The molecule has 0 bridgehead atoms. The van der Waals surface area contributed by atoms with Crippen LogP contribution in [0.25, 0.3) is 0 Å². The molecular weight excluding hydrogens is 325 g/mol. The van der Waals surface area contributed by atoms with Gasteiger partial charge in [0.25, 0.3) is 0 Å². The maximum absolute atomic E-state index is 13.3. The van der Waals surface area contributed by atoms with Gasteiger partial charge in [-0.25, -0.2) is 4.39 Å². The molecule has 0 unspecified atom stereocenters. The number of nitrogens with one attached hydrogen (secondary N) is 1. The second kappa shape index (κ2) is 7.96. The topological polar surface area (TPSA) is 29.1 Å². The summed E-state index contributed by atoms with van der Waals surface area (Å²) in [7, 11) is 0. The smallest absolute Gasteiger partial charge is 0.224 e. The number of carbonyl (C=O) groups is 1. The molecule has 0 saturated carbocycles. The summed E-state index contributed by atoms with van der Waals surface area (Å²) in [5.41, 5.74) is 2.60. The fourth-order valence-electron chi connectivity index (χ4n) is 3.15. The van der Waals surface area contributed by atoms with Crippen molar-refractivity contribution in [2.75, 3.05) is 6.54 Å². The highest BCUT2D eigenvalue weighted by Crippen LogP contribution is 2.31. The van der Waals surface area contributed by atoms with E-state index in [2.05, 4.69) is 36.5 Å². The van der Waals surface area contributed by atoms with E-state index < -0.39 is 0 Å². The van der Waals surface area contributed by atoms with Gasteiger partial charge in [-0.3, -0.25) is 4.79 Å². The van der Waals surface area contributed by atoms with Crippen LogP contribution in [0.1, 0.15) is 23.6 Å². The van der Waals surface area contributed by atoms with Gasteiger partial charge in [-0.15, -0.1) is 0 Å². The number of hydrogen-bond acceptors (Lipinski definition) is 1. The van der Waals surface area contributed by atoms with E-state index in [1.165, 1.54) is 12.1 Å². The van der Waals surface area contributed by atoms with E-state index in [4.69, 9.17) is 0 Å². The summed E-state index contributed by atoms with van der Waals surface area (Å²) >= 11 is 0. The molecule has 0 aliphatic heterocycles. The Labute approximate surface area is 153 Å². The summed E-state index contributed by atoms with van der Waals surface area (Å²) in [6.45, 7) is 2.59. The molecule has 3 rings (SSSR count). The zero-order valence-electron chi connectivity index (χ0n) is 14.8. The summed E-state index contributed by atoms with van der Waals surface area (Å²) in [6, 6.07) is 26.4. The van der Waals surface area contributed by atoms with E-state index in [1.807, 2.05) is 36.4 Å². The Morgan fingerprint density at radius 3 is 2.00 bits per heavy atom. The van der Waals surface area contributed by atoms with Gasteiger partial charge in [0.1, 0.15) is 5.82 Å². The minimum atomic E-state index is -0.347. The number of benzene rings is 3. The average Bonchev–Trinajstić information content (AvgIpc) is 2.67. The van der Waals surface area contributed by atoms with Gasteiger partial charge in [0.15, 0.2) is 0 Å². The van der Waals surface area contributed by atoms with Crippen molar-refractivity contribution in [3.05, 3.63) is 107 Å². The molecule has 2 nitrogen and oxygen atoms in total. The van der Waals surface area contributed by atoms with E-state index in [0.29, 0.717) is 12.1 Å². The Hall–Kier alpha value is -2.94. The number of carbonyl (C=O) groups excluding carboxylic acids is 1.